The van der Waals surface area contributed by atoms with E-state index in [2.05, 4.69) is 64.8 Å². The summed E-state index contributed by atoms with van der Waals surface area (Å²) in [6.07, 6.45) is 4.13. The fraction of sp³-hybridized carbons (Fsp3) is 0.434. The summed E-state index contributed by atoms with van der Waals surface area (Å²) in [6.45, 7) is 8.94. The van der Waals surface area contributed by atoms with Gasteiger partial charge in [0.1, 0.15) is 17.6 Å². The molecule has 5 aliphatic heterocycles. The standard InChI is InChI=1S/C53H55Cl2FN6O5/c1-52(2,3)25-44-53(28-57-41-23-31(54)15-17-38(41)53)46(35-11-6-12-39(55)47(35)56)48(59-44)50(65)58-40-18-16-32(24-43(40)67-4)61-21-7-8-29(26-61)13-14-30-22-36(30)33-9-5-10-34-37(33)27-62(51(34)66)42-19-20-45(63)60-49(42)64/h5-6,9-12,15-18,23-24,29-30,36,42,44,46,48,57,59H,7-8,19-22,25-28H2,1-4H3,(H,58,65)(H,60,63,64)/t29?,30-,36-,42?,44-,46-,48+,53-/m0/s1. The lowest BCUT2D eigenvalue weighted by atomic mass is 9.63. The maximum atomic E-state index is 16.3. The van der Waals surface area contributed by atoms with Crippen LogP contribution >= 0.6 is 23.2 Å². The minimum atomic E-state index is -0.835. The van der Waals surface area contributed by atoms with E-state index in [1.54, 1.807) is 24.1 Å². The number of halogens is 3. The van der Waals surface area contributed by atoms with Crippen LogP contribution in [0.3, 0.4) is 0 Å². The van der Waals surface area contributed by atoms with Crippen LogP contribution in [0.5, 0.6) is 5.75 Å². The van der Waals surface area contributed by atoms with Crippen molar-refractivity contribution in [2.24, 2.45) is 17.3 Å². The van der Waals surface area contributed by atoms with E-state index in [9.17, 15) is 19.2 Å². The molecule has 4 N–H and O–H groups in total. The van der Waals surface area contributed by atoms with Crippen molar-refractivity contribution in [2.45, 2.75) is 101 Å². The maximum absolute atomic E-state index is 16.3. The van der Waals surface area contributed by atoms with E-state index >= 15 is 4.39 Å². The number of anilines is 3. The Bertz CT molecular complexity index is 2770. The number of amides is 4. The average Bonchev–Trinajstić information content (AvgIpc) is 3.73. The van der Waals surface area contributed by atoms with Crippen LogP contribution in [0.2, 0.25) is 10.0 Å². The summed E-state index contributed by atoms with van der Waals surface area (Å²) in [5, 5.41) is 13.5. The number of hydrogen-bond donors (Lipinski definition) is 4. The number of benzene rings is 4. The van der Waals surface area contributed by atoms with E-state index in [0.29, 0.717) is 53.5 Å². The maximum Gasteiger partial charge on any atom is 0.255 e. The Kier molecular flexibility index (Phi) is 11.8. The third-order valence-electron chi connectivity index (χ3n) is 14.9. The summed E-state index contributed by atoms with van der Waals surface area (Å²) in [5.74, 6) is 5.92. The van der Waals surface area contributed by atoms with Gasteiger partial charge in [0.25, 0.3) is 5.91 Å². The zero-order valence-electron chi connectivity index (χ0n) is 38.1. The summed E-state index contributed by atoms with van der Waals surface area (Å²) >= 11 is 12.9. The molecule has 11 nitrogen and oxygen atoms in total. The van der Waals surface area contributed by atoms with E-state index in [4.69, 9.17) is 27.9 Å². The molecule has 8 atom stereocenters. The van der Waals surface area contributed by atoms with Crippen LogP contribution in [0.1, 0.15) is 104 Å². The van der Waals surface area contributed by atoms with Gasteiger partial charge in [-0.25, -0.2) is 4.39 Å². The van der Waals surface area contributed by atoms with Crippen LogP contribution < -0.4 is 30.9 Å². The second-order valence-electron chi connectivity index (χ2n) is 20.3. The topological polar surface area (TPSA) is 132 Å². The van der Waals surface area contributed by atoms with Crippen LogP contribution in [0.15, 0.2) is 72.8 Å². The minimum absolute atomic E-state index is 0.00342. The normalized spacial score (nSPS) is 27.5. The summed E-state index contributed by atoms with van der Waals surface area (Å²) in [4.78, 5) is 56.6. The summed E-state index contributed by atoms with van der Waals surface area (Å²) in [6, 6.07) is 20.8. The van der Waals surface area contributed by atoms with Gasteiger partial charge < -0.3 is 30.5 Å². The van der Waals surface area contributed by atoms with Gasteiger partial charge in [0.05, 0.1) is 23.9 Å². The Hall–Kier alpha value is -5.61. The molecule has 4 fully saturated rings. The Morgan fingerprint density at radius 3 is 2.60 bits per heavy atom. The molecule has 4 aromatic carbocycles. The molecule has 1 saturated carbocycles. The molecule has 6 aliphatic rings. The molecule has 4 amide bonds. The number of nitrogens with zero attached hydrogens (tertiary/aromatic N) is 2. The van der Waals surface area contributed by atoms with E-state index in [1.165, 1.54) is 6.07 Å². The van der Waals surface area contributed by atoms with Crippen LogP contribution in [0.4, 0.5) is 21.5 Å². The largest absolute Gasteiger partial charge is 0.494 e. The number of methoxy groups -OCH3 is 1. The number of carbonyl (C=O) groups excluding carboxylic acids is 4. The first kappa shape index (κ1) is 45.2. The molecular weight excluding hydrogens is 891 g/mol. The molecule has 4 aromatic rings. The molecule has 10 rings (SSSR count). The number of rotatable bonds is 8. The minimum Gasteiger partial charge on any atom is -0.494 e. The first-order valence-corrected chi connectivity index (χ1v) is 24.1. The number of ether oxygens (including phenoxy) is 1. The number of piperidine rings is 2. The molecule has 348 valence electrons. The predicted molar refractivity (Wildman–Crippen MR) is 258 cm³/mol. The van der Waals surface area contributed by atoms with Crippen molar-refractivity contribution in [3.05, 3.63) is 116 Å². The fourth-order valence-electron chi connectivity index (χ4n) is 11.7. The highest BCUT2D eigenvalue weighted by molar-refractivity contribution is 6.31. The Labute approximate surface area is 400 Å². The molecule has 2 unspecified atom stereocenters. The summed E-state index contributed by atoms with van der Waals surface area (Å²) in [5.41, 5.74) is 5.59. The molecule has 3 saturated heterocycles. The first-order chi connectivity index (χ1) is 32.1. The van der Waals surface area contributed by atoms with Gasteiger partial charge >= 0.3 is 0 Å². The van der Waals surface area contributed by atoms with Crippen molar-refractivity contribution >= 4 is 63.9 Å². The number of fused-ring (bicyclic) bond motifs is 3. The number of imide groups is 1. The van der Waals surface area contributed by atoms with Gasteiger partial charge in [-0.2, -0.15) is 0 Å². The van der Waals surface area contributed by atoms with E-state index < -0.39 is 35.1 Å². The third-order valence-corrected chi connectivity index (χ3v) is 15.4. The van der Waals surface area contributed by atoms with Crippen molar-refractivity contribution in [3.63, 3.8) is 0 Å². The highest BCUT2D eigenvalue weighted by atomic mass is 35.5. The Balaban J connectivity index is 0.851. The van der Waals surface area contributed by atoms with Crippen LogP contribution in [0.25, 0.3) is 0 Å². The van der Waals surface area contributed by atoms with Gasteiger partial charge in [0.2, 0.25) is 17.7 Å². The van der Waals surface area contributed by atoms with Gasteiger partial charge in [-0.05, 0) is 102 Å². The van der Waals surface area contributed by atoms with Crippen LogP contribution in [-0.2, 0) is 26.3 Å². The number of hydrogen-bond acceptors (Lipinski definition) is 8. The first-order valence-electron chi connectivity index (χ1n) is 23.4. The summed E-state index contributed by atoms with van der Waals surface area (Å²) in [7, 11) is 1.59. The SMILES string of the molecule is COc1cc(N2CCCC(C#C[C@H]3C[C@@H]3c3cccc4c3CN(C3CCC(=O)NC3=O)C4=O)C2)ccc1NC(=O)[C@@H]1N[C@@H](CC(C)(C)C)[C@@]2(CNc3cc(Cl)ccc32)[C@H]1c1cccc(Cl)c1F. The monoisotopic (exact) mass is 944 g/mol. The fourth-order valence-corrected chi connectivity index (χ4v) is 12.0. The smallest absolute Gasteiger partial charge is 0.255 e. The third kappa shape index (κ3) is 8.31. The van der Waals surface area contributed by atoms with Gasteiger partial charge in [-0.1, -0.05) is 86.1 Å². The molecule has 5 heterocycles. The second kappa shape index (κ2) is 17.5. The molecule has 0 radical (unpaired) electrons. The lowest BCUT2D eigenvalue weighted by molar-refractivity contribution is -0.137. The molecule has 1 aliphatic carbocycles. The molecule has 0 aromatic heterocycles. The van der Waals surface area contributed by atoms with Gasteiger partial charge in [0, 0.05) is 89.8 Å². The van der Waals surface area contributed by atoms with Crippen molar-refractivity contribution in [3.8, 4) is 17.6 Å². The lowest BCUT2D eigenvalue weighted by Gasteiger charge is -2.39. The van der Waals surface area contributed by atoms with E-state index in [1.807, 2.05) is 48.5 Å². The highest BCUT2D eigenvalue weighted by Gasteiger charge is 2.61. The van der Waals surface area contributed by atoms with E-state index in [-0.39, 0.29) is 58.4 Å². The van der Waals surface area contributed by atoms with Crippen molar-refractivity contribution in [1.29, 1.82) is 0 Å². The van der Waals surface area contributed by atoms with Crippen molar-refractivity contribution in [2.75, 3.05) is 42.3 Å². The molecule has 67 heavy (non-hydrogen) atoms. The average molecular weight is 946 g/mol. The number of carbonyl (C=O) groups is 4. The van der Waals surface area contributed by atoms with Crippen LogP contribution in [0, 0.1) is 34.9 Å². The predicted octanol–water partition coefficient (Wildman–Crippen LogP) is 8.79. The highest BCUT2D eigenvalue weighted by Crippen LogP contribution is 2.57. The van der Waals surface area contributed by atoms with Gasteiger partial charge in [0.15, 0.2) is 0 Å². The quantitative estimate of drug-likeness (QED) is 0.102. The van der Waals surface area contributed by atoms with Gasteiger partial charge in [-0.15, -0.1) is 0 Å². The zero-order valence-corrected chi connectivity index (χ0v) is 39.6. The summed E-state index contributed by atoms with van der Waals surface area (Å²) < 4.78 is 22.3. The Morgan fingerprint density at radius 1 is 1.00 bits per heavy atom. The Morgan fingerprint density at radius 2 is 1.81 bits per heavy atom. The molecule has 14 heteroatoms. The van der Waals surface area contributed by atoms with E-state index in [0.717, 1.165) is 60.4 Å². The van der Waals surface area contributed by atoms with Gasteiger partial charge in [-0.3, -0.25) is 24.5 Å². The second-order valence-corrected chi connectivity index (χ2v) is 21.2. The number of nitrogens with one attached hydrogen (secondary N) is 4. The van der Waals surface area contributed by atoms with Crippen LogP contribution in [-0.4, -0.2) is 73.4 Å². The van der Waals surface area contributed by atoms with Crippen molar-refractivity contribution in [1.82, 2.24) is 15.5 Å². The molecule has 0 bridgehead atoms. The molecule has 1 spiro atoms. The lowest BCUT2D eigenvalue weighted by Crippen LogP contribution is -2.52. The molecular formula is C53H55Cl2FN6O5. The zero-order chi connectivity index (χ0) is 46.9. The van der Waals surface area contributed by atoms with Crippen molar-refractivity contribution < 1.29 is 28.3 Å².